The number of hydrogen-bond acceptors (Lipinski definition) is 4. The second-order valence-electron chi connectivity index (χ2n) is 16.3. The molecule has 278 valence electrons. The van der Waals surface area contributed by atoms with E-state index in [2.05, 4.69) is 96.8 Å². The summed E-state index contributed by atoms with van der Waals surface area (Å²) in [5, 5.41) is 7.67. The van der Waals surface area contributed by atoms with Crippen LogP contribution in [0.3, 0.4) is 0 Å². The maximum atomic E-state index is 6.74. The summed E-state index contributed by atoms with van der Waals surface area (Å²) in [6.07, 6.45) is 20.9. The van der Waals surface area contributed by atoms with Crippen molar-refractivity contribution in [3.8, 4) is 28.8 Å². The predicted octanol–water partition coefficient (Wildman–Crippen LogP) is 12.7. The molecule has 0 spiro atoms. The summed E-state index contributed by atoms with van der Waals surface area (Å²) in [5.41, 5.74) is 10.1. The van der Waals surface area contributed by atoms with Gasteiger partial charge >= 0.3 is 0 Å². The number of para-hydroxylation sites is 1. The Morgan fingerprint density at radius 3 is 2.30 bits per heavy atom. The maximum absolute atomic E-state index is 6.74. The largest absolute Gasteiger partial charge is 0.497 e. The van der Waals surface area contributed by atoms with Crippen LogP contribution in [0.4, 0.5) is 0 Å². The number of benzene rings is 3. The number of allylic oxidation sites excluding steroid dienone is 2. The van der Waals surface area contributed by atoms with Crippen LogP contribution >= 0.6 is 0 Å². The Morgan fingerprint density at radius 1 is 0.704 bits per heavy atom. The molecule has 3 aromatic heterocycles. The Hall–Kier alpha value is -4.84. The van der Waals surface area contributed by atoms with Crippen LogP contribution in [0.5, 0.6) is 17.2 Å². The van der Waals surface area contributed by atoms with Crippen LogP contribution in [0.2, 0.25) is 0 Å². The number of ether oxygens (including phenoxy) is 2. The molecule has 6 heteroatoms. The van der Waals surface area contributed by atoms with E-state index in [0.29, 0.717) is 5.92 Å². The minimum absolute atomic E-state index is 0.483. The van der Waals surface area contributed by atoms with Crippen LogP contribution in [0.1, 0.15) is 105 Å². The van der Waals surface area contributed by atoms with Crippen molar-refractivity contribution in [2.75, 3.05) is 7.11 Å². The summed E-state index contributed by atoms with van der Waals surface area (Å²) in [6.45, 7) is 6.74. The van der Waals surface area contributed by atoms with E-state index in [1.54, 1.807) is 18.9 Å². The molecular formula is C48H54N4O2. The van der Waals surface area contributed by atoms with E-state index >= 15 is 0 Å². The summed E-state index contributed by atoms with van der Waals surface area (Å²) >= 11 is 0. The summed E-state index contributed by atoms with van der Waals surface area (Å²) < 4.78 is 16.7. The Bertz CT molecular complexity index is 2330. The minimum atomic E-state index is 0.483. The van der Waals surface area contributed by atoms with Gasteiger partial charge in [-0.15, -0.1) is 0 Å². The highest BCUT2D eigenvalue weighted by Crippen LogP contribution is 2.52. The van der Waals surface area contributed by atoms with E-state index < -0.39 is 0 Å². The summed E-state index contributed by atoms with van der Waals surface area (Å²) in [7, 11) is 1.69. The van der Waals surface area contributed by atoms with Gasteiger partial charge in [0.25, 0.3) is 0 Å². The molecule has 0 amide bonds. The van der Waals surface area contributed by atoms with E-state index in [4.69, 9.17) is 19.6 Å². The Labute approximate surface area is 320 Å². The molecule has 1 unspecified atom stereocenters. The Morgan fingerprint density at radius 2 is 1.48 bits per heavy atom. The highest BCUT2D eigenvalue weighted by atomic mass is 16.5. The molecule has 3 aromatic carbocycles. The standard InChI is InChI=1S/C48H54N4O2/c1-31-26-36(52-33(3)47(32(2)50-52)48-40(34-14-7-5-8-15-34)19-13-20-41(48)35-16-9-6-10-17-35)28-39(27-31)54-38-22-23-43-42-18-11-12-21-44(42)51(45(43)29-38)46-30-37(53-4)24-25-49-46/h11-12,18-19,21-30,34-35,41,48H,5-10,13-17,20H2,1-4H3/t41-,48?/m1/s1. The quantitative estimate of drug-likeness (QED) is 0.147. The first kappa shape index (κ1) is 34.9. The Kier molecular flexibility index (Phi) is 9.54. The van der Waals surface area contributed by atoms with Gasteiger partial charge in [-0.25, -0.2) is 9.67 Å². The molecule has 3 heterocycles. The second kappa shape index (κ2) is 14.8. The monoisotopic (exact) mass is 718 g/mol. The zero-order valence-electron chi connectivity index (χ0n) is 32.5. The molecule has 2 atom stereocenters. The first-order valence-electron chi connectivity index (χ1n) is 20.6. The van der Waals surface area contributed by atoms with Crippen LogP contribution in [0, 0.1) is 38.5 Å². The lowest BCUT2D eigenvalue weighted by Crippen LogP contribution is -2.31. The molecule has 6 nitrogen and oxygen atoms in total. The average molecular weight is 719 g/mol. The normalized spacial score (nSPS) is 20.0. The van der Waals surface area contributed by atoms with Gasteiger partial charge in [0.1, 0.15) is 23.1 Å². The van der Waals surface area contributed by atoms with Gasteiger partial charge in [-0.1, -0.05) is 81.2 Å². The van der Waals surface area contributed by atoms with Crippen LogP contribution in [0.25, 0.3) is 33.3 Å². The molecule has 3 aliphatic rings. The van der Waals surface area contributed by atoms with Gasteiger partial charge in [0.2, 0.25) is 0 Å². The number of hydrogen-bond donors (Lipinski definition) is 0. The SMILES string of the molecule is COc1ccnc(-n2c3ccccc3c3ccc(Oc4cc(C)cc(-n5nc(C)c(C6C(C7CCCCC7)=CCC[C@@H]6C6CCCCC6)c5C)c4)cc32)c1. The summed E-state index contributed by atoms with van der Waals surface area (Å²) in [5.74, 6) is 5.92. The van der Waals surface area contributed by atoms with E-state index in [1.165, 1.54) is 99.4 Å². The molecule has 0 radical (unpaired) electrons. The van der Waals surface area contributed by atoms with Crippen molar-refractivity contribution in [2.24, 2.45) is 17.8 Å². The van der Waals surface area contributed by atoms with Crippen LogP contribution in [0.15, 0.2) is 90.6 Å². The lowest BCUT2D eigenvalue weighted by atomic mass is 9.62. The molecule has 54 heavy (non-hydrogen) atoms. The van der Waals surface area contributed by atoms with Crippen molar-refractivity contribution in [2.45, 2.75) is 104 Å². The van der Waals surface area contributed by atoms with Crippen LogP contribution < -0.4 is 9.47 Å². The summed E-state index contributed by atoms with van der Waals surface area (Å²) in [6, 6.07) is 25.3. The van der Waals surface area contributed by atoms with Gasteiger partial charge in [0, 0.05) is 52.3 Å². The molecule has 3 aliphatic carbocycles. The maximum Gasteiger partial charge on any atom is 0.141 e. The molecule has 2 fully saturated rings. The number of aryl methyl sites for hydroxylation is 2. The predicted molar refractivity (Wildman–Crippen MR) is 220 cm³/mol. The third-order valence-corrected chi connectivity index (χ3v) is 13.0. The smallest absolute Gasteiger partial charge is 0.141 e. The molecule has 2 saturated carbocycles. The highest BCUT2D eigenvalue weighted by molar-refractivity contribution is 6.09. The van der Waals surface area contributed by atoms with Crippen LogP contribution in [-0.2, 0) is 0 Å². The zero-order valence-corrected chi connectivity index (χ0v) is 32.5. The molecule has 9 rings (SSSR count). The molecule has 0 aliphatic heterocycles. The highest BCUT2D eigenvalue weighted by Gasteiger charge is 2.40. The molecule has 6 aromatic rings. The van der Waals surface area contributed by atoms with Gasteiger partial charge in [0.05, 0.1) is 29.5 Å². The van der Waals surface area contributed by atoms with Crippen LogP contribution in [-0.4, -0.2) is 26.4 Å². The van der Waals surface area contributed by atoms with Crippen molar-refractivity contribution in [1.29, 1.82) is 0 Å². The molecule has 0 saturated heterocycles. The summed E-state index contributed by atoms with van der Waals surface area (Å²) in [4.78, 5) is 4.74. The average Bonchev–Trinajstić information content (AvgIpc) is 3.70. The lowest BCUT2D eigenvalue weighted by Gasteiger charge is -2.43. The van der Waals surface area contributed by atoms with Crippen molar-refractivity contribution < 1.29 is 9.47 Å². The number of methoxy groups -OCH3 is 1. The first-order chi connectivity index (χ1) is 26.5. The first-order valence-corrected chi connectivity index (χ1v) is 20.6. The number of aromatic nitrogens is 4. The number of rotatable bonds is 8. The fourth-order valence-electron chi connectivity index (χ4n) is 10.6. The zero-order chi connectivity index (χ0) is 36.8. The van der Waals surface area contributed by atoms with Crippen molar-refractivity contribution in [3.63, 3.8) is 0 Å². The van der Waals surface area contributed by atoms with E-state index in [9.17, 15) is 0 Å². The topological polar surface area (TPSA) is 54.1 Å². The number of fused-ring (bicyclic) bond motifs is 3. The number of nitrogens with zero attached hydrogens (tertiary/aromatic N) is 4. The van der Waals surface area contributed by atoms with Crippen molar-refractivity contribution in [3.05, 3.63) is 113 Å². The van der Waals surface area contributed by atoms with Crippen molar-refractivity contribution in [1.82, 2.24) is 19.3 Å². The van der Waals surface area contributed by atoms with E-state index in [1.807, 2.05) is 12.1 Å². The van der Waals surface area contributed by atoms with Gasteiger partial charge in [0.15, 0.2) is 0 Å². The van der Waals surface area contributed by atoms with Gasteiger partial charge in [-0.3, -0.25) is 4.57 Å². The molecule has 0 bridgehead atoms. The van der Waals surface area contributed by atoms with Crippen molar-refractivity contribution >= 4 is 21.8 Å². The van der Waals surface area contributed by atoms with Gasteiger partial charge in [-0.05, 0) is 106 Å². The van der Waals surface area contributed by atoms with E-state index in [-0.39, 0.29) is 0 Å². The minimum Gasteiger partial charge on any atom is -0.497 e. The third kappa shape index (κ3) is 6.41. The Balaban J connectivity index is 1.08. The molecule has 0 N–H and O–H groups in total. The van der Waals surface area contributed by atoms with Gasteiger partial charge in [-0.2, -0.15) is 5.10 Å². The number of pyridine rings is 1. The van der Waals surface area contributed by atoms with E-state index in [0.717, 1.165) is 68.5 Å². The fraction of sp³-hybridized carbons (Fsp3) is 0.417. The second-order valence-corrected chi connectivity index (χ2v) is 16.3. The third-order valence-electron chi connectivity index (χ3n) is 13.0. The fourth-order valence-corrected chi connectivity index (χ4v) is 10.6. The molecular weight excluding hydrogens is 665 g/mol. The lowest BCUT2D eigenvalue weighted by molar-refractivity contribution is 0.198. The van der Waals surface area contributed by atoms with Gasteiger partial charge < -0.3 is 9.47 Å².